The zero-order valence-electron chi connectivity index (χ0n) is 15.0. The third-order valence-corrected chi connectivity index (χ3v) is 4.08. The Kier molecular flexibility index (Phi) is 5.83. The van der Waals surface area contributed by atoms with Crippen molar-refractivity contribution < 1.29 is 14.3 Å². The second-order valence-electron chi connectivity index (χ2n) is 6.28. The molecule has 1 amide bonds. The normalized spacial score (nSPS) is 16.8. The minimum atomic E-state index is -0.110. The average Bonchev–Trinajstić information content (AvgIpc) is 2.67. The second kappa shape index (κ2) is 8.46. The van der Waals surface area contributed by atoms with Crippen LogP contribution >= 0.6 is 0 Å². The lowest BCUT2D eigenvalue weighted by molar-refractivity contribution is -0.136. The highest BCUT2D eigenvalue weighted by Gasteiger charge is 2.26. The summed E-state index contributed by atoms with van der Waals surface area (Å²) in [7, 11) is 3.78. The number of amides is 1. The number of likely N-dealkylation sites (tertiary alicyclic amines) is 1. The molecule has 26 heavy (non-hydrogen) atoms. The molecule has 2 aromatic rings. The fraction of sp³-hybridized carbons (Fsp3) is 0.444. The van der Waals surface area contributed by atoms with Crippen LogP contribution in [0.2, 0.25) is 0 Å². The maximum Gasteiger partial charge on any atom is 0.260 e. The van der Waals surface area contributed by atoms with Gasteiger partial charge in [0.25, 0.3) is 11.8 Å². The van der Waals surface area contributed by atoms with E-state index < -0.39 is 0 Å². The third-order valence-electron chi connectivity index (χ3n) is 4.08. The Morgan fingerprint density at radius 1 is 1.31 bits per heavy atom. The number of pyridine rings is 1. The van der Waals surface area contributed by atoms with Crippen molar-refractivity contribution in [2.75, 3.05) is 38.7 Å². The number of hydrogen-bond acceptors (Lipinski definition) is 7. The fourth-order valence-electron chi connectivity index (χ4n) is 2.80. The van der Waals surface area contributed by atoms with Gasteiger partial charge in [-0.05, 0) is 25.0 Å². The standard InChI is InChI=1S/C18H23N5O3/c1-22(2)17-18(21-9-8-20-17)26-15-6-4-10-23(12-15)16(24)13-25-14-5-3-7-19-11-14/h3,5,7-9,11,15H,4,6,10,12-13H2,1-2H3. The van der Waals surface area contributed by atoms with E-state index in [1.54, 1.807) is 41.8 Å². The molecule has 138 valence electrons. The highest BCUT2D eigenvalue weighted by Crippen LogP contribution is 2.24. The Morgan fingerprint density at radius 3 is 2.92 bits per heavy atom. The minimum Gasteiger partial charge on any atom is -0.482 e. The molecular weight excluding hydrogens is 334 g/mol. The van der Waals surface area contributed by atoms with Crippen molar-refractivity contribution in [3.63, 3.8) is 0 Å². The van der Waals surface area contributed by atoms with Gasteiger partial charge >= 0.3 is 0 Å². The predicted molar refractivity (Wildman–Crippen MR) is 96.3 cm³/mol. The van der Waals surface area contributed by atoms with Crippen LogP contribution in [0.3, 0.4) is 0 Å². The lowest BCUT2D eigenvalue weighted by atomic mass is 10.1. The van der Waals surface area contributed by atoms with Gasteiger partial charge < -0.3 is 19.3 Å². The number of carbonyl (C=O) groups is 1. The summed E-state index contributed by atoms with van der Waals surface area (Å²) in [6.45, 7) is 1.21. The molecular formula is C18H23N5O3. The molecule has 0 bridgehead atoms. The van der Waals surface area contributed by atoms with Gasteiger partial charge in [0.2, 0.25) is 0 Å². The Bertz CT molecular complexity index is 726. The molecule has 8 heteroatoms. The van der Waals surface area contributed by atoms with E-state index in [1.807, 2.05) is 19.0 Å². The third kappa shape index (κ3) is 4.59. The fourth-order valence-corrected chi connectivity index (χ4v) is 2.80. The first-order valence-corrected chi connectivity index (χ1v) is 8.59. The minimum absolute atomic E-state index is 0.00744. The van der Waals surface area contributed by atoms with Crippen molar-refractivity contribution in [3.05, 3.63) is 36.9 Å². The van der Waals surface area contributed by atoms with Crippen LogP contribution in [-0.4, -0.2) is 65.7 Å². The van der Waals surface area contributed by atoms with Gasteiger partial charge in [0, 0.05) is 39.2 Å². The van der Waals surface area contributed by atoms with E-state index in [0.717, 1.165) is 12.8 Å². The van der Waals surface area contributed by atoms with Gasteiger partial charge in [-0.3, -0.25) is 9.78 Å². The molecule has 1 unspecified atom stereocenters. The van der Waals surface area contributed by atoms with Crippen molar-refractivity contribution in [1.82, 2.24) is 19.9 Å². The Morgan fingerprint density at radius 2 is 2.15 bits per heavy atom. The summed E-state index contributed by atoms with van der Waals surface area (Å²) in [6, 6.07) is 3.55. The van der Waals surface area contributed by atoms with Crippen molar-refractivity contribution in [2.45, 2.75) is 18.9 Å². The van der Waals surface area contributed by atoms with Crippen LogP contribution in [0.15, 0.2) is 36.9 Å². The molecule has 8 nitrogen and oxygen atoms in total. The van der Waals surface area contributed by atoms with Crippen molar-refractivity contribution >= 4 is 11.7 Å². The smallest absolute Gasteiger partial charge is 0.260 e. The number of nitrogens with zero attached hydrogens (tertiary/aromatic N) is 5. The van der Waals surface area contributed by atoms with Gasteiger partial charge in [-0.25, -0.2) is 9.97 Å². The summed E-state index contributed by atoms with van der Waals surface area (Å²) >= 11 is 0. The first-order chi connectivity index (χ1) is 12.6. The zero-order chi connectivity index (χ0) is 18.4. The molecule has 1 atom stereocenters. The first kappa shape index (κ1) is 17.9. The van der Waals surface area contributed by atoms with Gasteiger partial charge in [0.15, 0.2) is 12.4 Å². The van der Waals surface area contributed by atoms with E-state index in [9.17, 15) is 4.79 Å². The van der Waals surface area contributed by atoms with E-state index in [-0.39, 0.29) is 18.6 Å². The van der Waals surface area contributed by atoms with Crippen LogP contribution in [0.25, 0.3) is 0 Å². The Balaban J connectivity index is 1.56. The lowest BCUT2D eigenvalue weighted by Crippen LogP contribution is -2.46. The maximum absolute atomic E-state index is 12.4. The summed E-state index contributed by atoms with van der Waals surface area (Å²) in [5.74, 6) is 1.69. The quantitative estimate of drug-likeness (QED) is 0.773. The van der Waals surface area contributed by atoms with E-state index in [2.05, 4.69) is 15.0 Å². The molecule has 1 aliphatic heterocycles. The molecule has 3 rings (SSSR count). The molecule has 1 fully saturated rings. The zero-order valence-corrected chi connectivity index (χ0v) is 15.0. The highest BCUT2D eigenvalue weighted by molar-refractivity contribution is 5.77. The van der Waals surface area contributed by atoms with Crippen LogP contribution in [0.5, 0.6) is 11.6 Å². The summed E-state index contributed by atoms with van der Waals surface area (Å²) in [5.41, 5.74) is 0. The lowest BCUT2D eigenvalue weighted by Gasteiger charge is -2.33. The molecule has 0 saturated carbocycles. The predicted octanol–water partition coefficient (Wildman–Crippen LogP) is 1.39. The molecule has 1 saturated heterocycles. The number of aromatic nitrogens is 3. The van der Waals surface area contributed by atoms with Crippen LogP contribution < -0.4 is 14.4 Å². The van der Waals surface area contributed by atoms with E-state index in [0.29, 0.717) is 30.5 Å². The molecule has 0 N–H and O–H groups in total. The molecule has 0 radical (unpaired) electrons. The first-order valence-electron chi connectivity index (χ1n) is 8.59. The average molecular weight is 357 g/mol. The van der Waals surface area contributed by atoms with Gasteiger partial charge in [-0.2, -0.15) is 0 Å². The molecule has 0 aromatic carbocycles. The van der Waals surface area contributed by atoms with E-state index in [4.69, 9.17) is 9.47 Å². The van der Waals surface area contributed by atoms with Gasteiger partial charge in [-0.1, -0.05) is 0 Å². The number of piperidine rings is 1. The Hall–Kier alpha value is -2.90. The SMILES string of the molecule is CN(C)c1nccnc1OC1CCCN(C(=O)COc2cccnc2)C1. The van der Waals surface area contributed by atoms with Crippen molar-refractivity contribution in [3.8, 4) is 11.6 Å². The van der Waals surface area contributed by atoms with E-state index >= 15 is 0 Å². The number of rotatable bonds is 6. The summed E-state index contributed by atoms with van der Waals surface area (Å²) < 4.78 is 11.5. The maximum atomic E-state index is 12.4. The monoisotopic (exact) mass is 357 g/mol. The summed E-state index contributed by atoms with van der Waals surface area (Å²) in [6.07, 6.45) is 8.13. The van der Waals surface area contributed by atoms with Crippen molar-refractivity contribution in [2.24, 2.45) is 0 Å². The summed E-state index contributed by atoms with van der Waals surface area (Å²) in [5, 5.41) is 0. The van der Waals surface area contributed by atoms with Gasteiger partial charge in [-0.15, -0.1) is 0 Å². The number of anilines is 1. The van der Waals surface area contributed by atoms with Crippen LogP contribution in [-0.2, 0) is 4.79 Å². The molecule has 2 aromatic heterocycles. The van der Waals surface area contributed by atoms with Gasteiger partial charge in [0.1, 0.15) is 11.9 Å². The Labute approximate surface area is 152 Å². The van der Waals surface area contributed by atoms with E-state index in [1.165, 1.54) is 0 Å². The largest absolute Gasteiger partial charge is 0.482 e. The highest BCUT2D eigenvalue weighted by atomic mass is 16.5. The van der Waals surface area contributed by atoms with Crippen LogP contribution in [0.4, 0.5) is 5.82 Å². The number of hydrogen-bond donors (Lipinski definition) is 0. The molecule has 1 aliphatic rings. The van der Waals surface area contributed by atoms with Crippen molar-refractivity contribution in [1.29, 1.82) is 0 Å². The topological polar surface area (TPSA) is 80.7 Å². The molecule has 3 heterocycles. The molecule has 0 aliphatic carbocycles. The van der Waals surface area contributed by atoms with Crippen LogP contribution in [0, 0.1) is 0 Å². The van der Waals surface area contributed by atoms with Gasteiger partial charge in [0.05, 0.1) is 12.7 Å². The van der Waals surface area contributed by atoms with Crippen LogP contribution in [0.1, 0.15) is 12.8 Å². The summed E-state index contributed by atoms with van der Waals surface area (Å²) in [4.78, 5) is 28.6. The number of carbonyl (C=O) groups excluding carboxylic acids is 1. The molecule has 0 spiro atoms. The second-order valence-corrected chi connectivity index (χ2v) is 6.28. The number of ether oxygens (including phenoxy) is 2.